The van der Waals surface area contributed by atoms with Gasteiger partial charge >= 0.3 is 0 Å². The Morgan fingerprint density at radius 3 is 2.44 bits per heavy atom. The summed E-state index contributed by atoms with van der Waals surface area (Å²) in [5.74, 6) is 0.923. The Hall–Kier alpha value is -1.06. The van der Waals surface area contributed by atoms with Crippen molar-refractivity contribution >= 4 is 0 Å². The third kappa shape index (κ3) is 4.00. The van der Waals surface area contributed by atoms with Crippen molar-refractivity contribution in [2.75, 3.05) is 20.3 Å². The van der Waals surface area contributed by atoms with Crippen LogP contribution in [0.5, 0.6) is 5.75 Å². The molecule has 0 atom stereocenters. The molecule has 0 aromatic heterocycles. The van der Waals surface area contributed by atoms with Gasteiger partial charge in [0, 0.05) is 24.7 Å². The number of benzene rings is 1. The molecule has 1 aromatic rings. The number of para-hydroxylation sites is 1. The first-order valence-electron chi connectivity index (χ1n) is 6.73. The van der Waals surface area contributed by atoms with Crippen molar-refractivity contribution in [2.24, 2.45) is 0 Å². The molecular weight excluding hydrogens is 226 g/mol. The van der Waals surface area contributed by atoms with E-state index in [0.717, 1.165) is 25.1 Å². The van der Waals surface area contributed by atoms with E-state index in [1.165, 1.54) is 5.56 Å². The van der Waals surface area contributed by atoms with Crippen LogP contribution in [-0.4, -0.2) is 36.3 Å². The highest BCUT2D eigenvalue weighted by molar-refractivity contribution is 5.33. The number of aliphatic hydroxyl groups is 1. The summed E-state index contributed by atoms with van der Waals surface area (Å²) in [4.78, 5) is 2.33. The summed E-state index contributed by atoms with van der Waals surface area (Å²) in [5, 5.41) is 9.21. The van der Waals surface area contributed by atoms with Crippen molar-refractivity contribution in [1.29, 1.82) is 0 Å². The lowest BCUT2D eigenvalue weighted by Crippen LogP contribution is -2.36. The van der Waals surface area contributed by atoms with E-state index in [9.17, 15) is 5.11 Å². The third-order valence-corrected chi connectivity index (χ3v) is 3.41. The summed E-state index contributed by atoms with van der Waals surface area (Å²) in [5.41, 5.74) is 1.18. The van der Waals surface area contributed by atoms with Gasteiger partial charge in [0.1, 0.15) is 5.75 Å². The van der Waals surface area contributed by atoms with Gasteiger partial charge in [-0.1, -0.05) is 32.0 Å². The molecule has 0 spiro atoms. The maximum Gasteiger partial charge on any atom is 0.123 e. The minimum absolute atomic E-state index is 0.200. The summed E-state index contributed by atoms with van der Waals surface area (Å²) in [6, 6.07) is 8.60. The van der Waals surface area contributed by atoms with Gasteiger partial charge < -0.3 is 9.84 Å². The summed E-state index contributed by atoms with van der Waals surface area (Å²) < 4.78 is 5.38. The molecule has 0 saturated carbocycles. The average Bonchev–Trinajstić information content (AvgIpc) is 2.41. The number of nitrogens with zero attached hydrogens (tertiary/aromatic N) is 1. The van der Waals surface area contributed by atoms with Crippen LogP contribution in [0.4, 0.5) is 0 Å². The molecule has 0 unspecified atom stereocenters. The molecule has 0 aliphatic carbocycles. The van der Waals surface area contributed by atoms with Crippen LogP contribution in [0.1, 0.15) is 32.3 Å². The van der Waals surface area contributed by atoms with Crippen molar-refractivity contribution in [3.05, 3.63) is 29.8 Å². The Morgan fingerprint density at radius 1 is 1.22 bits per heavy atom. The molecule has 102 valence electrons. The molecule has 1 rings (SSSR count). The topological polar surface area (TPSA) is 32.7 Å². The van der Waals surface area contributed by atoms with Gasteiger partial charge in [-0.25, -0.2) is 0 Å². The van der Waals surface area contributed by atoms with Crippen molar-refractivity contribution < 1.29 is 9.84 Å². The molecule has 3 nitrogen and oxygen atoms in total. The predicted octanol–water partition coefficient (Wildman–Crippen LogP) is 2.68. The van der Waals surface area contributed by atoms with E-state index in [1.54, 1.807) is 7.11 Å². The second kappa shape index (κ2) is 8.11. The third-order valence-electron chi connectivity index (χ3n) is 3.41. The fraction of sp³-hybridized carbons (Fsp3) is 0.600. The zero-order chi connectivity index (χ0) is 13.4. The molecule has 3 heteroatoms. The van der Waals surface area contributed by atoms with Crippen LogP contribution in [0.25, 0.3) is 0 Å². The zero-order valence-electron chi connectivity index (χ0n) is 11.7. The first-order chi connectivity index (χ1) is 8.76. The van der Waals surface area contributed by atoms with Gasteiger partial charge in [0.05, 0.1) is 13.7 Å². The highest BCUT2D eigenvalue weighted by atomic mass is 16.5. The molecular formula is C15H25NO2. The van der Waals surface area contributed by atoms with E-state index in [-0.39, 0.29) is 6.61 Å². The fourth-order valence-electron chi connectivity index (χ4n) is 2.38. The molecule has 0 aliphatic heterocycles. The molecule has 1 N–H and O–H groups in total. The maximum atomic E-state index is 9.21. The Bertz CT molecular complexity index is 337. The van der Waals surface area contributed by atoms with E-state index < -0.39 is 0 Å². The quantitative estimate of drug-likeness (QED) is 0.771. The monoisotopic (exact) mass is 251 g/mol. The van der Waals surface area contributed by atoms with Crippen LogP contribution in [0.2, 0.25) is 0 Å². The normalized spacial score (nSPS) is 11.2. The molecule has 18 heavy (non-hydrogen) atoms. The summed E-state index contributed by atoms with van der Waals surface area (Å²) in [7, 11) is 1.70. The van der Waals surface area contributed by atoms with Crippen LogP contribution in [0.3, 0.4) is 0 Å². The minimum atomic E-state index is 0.200. The van der Waals surface area contributed by atoms with Crippen LogP contribution in [-0.2, 0) is 6.54 Å². The first kappa shape index (κ1) is 15.0. The number of aliphatic hydroxyl groups excluding tert-OH is 1. The van der Waals surface area contributed by atoms with Crippen molar-refractivity contribution in [2.45, 2.75) is 39.3 Å². The number of ether oxygens (including phenoxy) is 1. The molecule has 0 saturated heterocycles. The second-order valence-corrected chi connectivity index (χ2v) is 4.48. The van der Waals surface area contributed by atoms with Crippen molar-refractivity contribution in [1.82, 2.24) is 4.90 Å². The zero-order valence-corrected chi connectivity index (χ0v) is 11.7. The maximum absolute atomic E-state index is 9.21. The number of methoxy groups -OCH3 is 1. The number of hydrogen-bond acceptors (Lipinski definition) is 3. The Labute approximate surface area is 110 Å². The van der Waals surface area contributed by atoms with Gasteiger partial charge in [-0.3, -0.25) is 4.90 Å². The fourth-order valence-corrected chi connectivity index (χ4v) is 2.38. The molecule has 0 amide bonds. The van der Waals surface area contributed by atoms with Crippen LogP contribution in [0, 0.1) is 0 Å². The lowest BCUT2D eigenvalue weighted by molar-refractivity contribution is 0.135. The van der Waals surface area contributed by atoms with Gasteiger partial charge in [0.25, 0.3) is 0 Å². The summed E-state index contributed by atoms with van der Waals surface area (Å²) in [6.07, 6.45) is 2.21. The molecule has 0 heterocycles. The number of rotatable bonds is 8. The smallest absolute Gasteiger partial charge is 0.123 e. The van der Waals surface area contributed by atoms with Gasteiger partial charge in [-0.05, 0) is 18.9 Å². The Kier molecular flexibility index (Phi) is 6.76. The molecule has 0 aliphatic rings. The first-order valence-corrected chi connectivity index (χ1v) is 6.73. The lowest BCUT2D eigenvalue weighted by Gasteiger charge is -2.30. The lowest BCUT2D eigenvalue weighted by atomic mass is 10.1. The standard InChI is InChI=1S/C15H25NO2/c1-4-14(5-2)16(10-11-17)12-13-8-6-7-9-15(13)18-3/h6-9,14,17H,4-5,10-12H2,1-3H3. The van der Waals surface area contributed by atoms with Gasteiger partial charge in [-0.2, -0.15) is 0 Å². The van der Waals surface area contributed by atoms with E-state index in [0.29, 0.717) is 12.6 Å². The van der Waals surface area contributed by atoms with E-state index in [2.05, 4.69) is 24.8 Å². The Balaban J connectivity index is 2.81. The van der Waals surface area contributed by atoms with Crippen molar-refractivity contribution in [3.8, 4) is 5.75 Å². The molecule has 0 fully saturated rings. The summed E-state index contributed by atoms with van der Waals surface area (Å²) in [6.45, 7) is 6.13. The van der Waals surface area contributed by atoms with Gasteiger partial charge in [-0.15, -0.1) is 0 Å². The van der Waals surface area contributed by atoms with Crippen LogP contribution >= 0.6 is 0 Å². The number of hydrogen-bond donors (Lipinski definition) is 1. The molecule has 0 radical (unpaired) electrons. The Morgan fingerprint density at radius 2 is 1.89 bits per heavy atom. The summed E-state index contributed by atoms with van der Waals surface area (Å²) >= 11 is 0. The van der Waals surface area contributed by atoms with Crippen LogP contribution in [0.15, 0.2) is 24.3 Å². The average molecular weight is 251 g/mol. The van der Waals surface area contributed by atoms with Crippen molar-refractivity contribution in [3.63, 3.8) is 0 Å². The van der Waals surface area contributed by atoms with Gasteiger partial charge in [0.2, 0.25) is 0 Å². The van der Waals surface area contributed by atoms with Gasteiger partial charge in [0.15, 0.2) is 0 Å². The van der Waals surface area contributed by atoms with E-state index in [1.807, 2.05) is 18.2 Å². The predicted molar refractivity (Wildman–Crippen MR) is 74.9 cm³/mol. The molecule has 0 bridgehead atoms. The minimum Gasteiger partial charge on any atom is -0.496 e. The molecule has 1 aromatic carbocycles. The SMILES string of the molecule is CCC(CC)N(CCO)Cc1ccccc1OC. The highest BCUT2D eigenvalue weighted by Gasteiger charge is 2.16. The largest absolute Gasteiger partial charge is 0.496 e. The highest BCUT2D eigenvalue weighted by Crippen LogP contribution is 2.21. The van der Waals surface area contributed by atoms with Crippen LogP contribution < -0.4 is 4.74 Å². The second-order valence-electron chi connectivity index (χ2n) is 4.48. The van der Waals surface area contributed by atoms with E-state index in [4.69, 9.17) is 4.74 Å². The van der Waals surface area contributed by atoms with E-state index >= 15 is 0 Å².